The van der Waals surface area contributed by atoms with Gasteiger partial charge in [-0.15, -0.1) is 0 Å². The van der Waals surface area contributed by atoms with Crippen molar-refractivity contribution in [3.05, 3.63) is 70.1 Å². The van der Waals surface area contributed by atoms with E-state index in [4.69, 9.17) is 11.6 Å². The largest absolute Gasteiger partial charge is 0.417 e. The summed E-state index contributed by atoms with van der Waals surface area (Å²) >= 11 is 5.99. The summed E-state index contributed by atoms with van der Waals surface area (Å²) in [6.45, 7) is 7.90. The SMILES string of the molecule is Cc1c(C(=O)Nc2ccc(C(C)(C)C)cc2)cnn1-c1ncc(C(F)(F)F)cc1Cl. The highest BCUT2D eigenvalue weighted by atomic mass is 35.5. The maximum absolute atomic E-state index is 12.8. The van der Waals surface area contributed by atoms with Gasteiger partial charge in [0.25, 0.3) is 5.91 Å². The number of nitrogens with zero attached hydrogens (tertiary/aromatic N) is 3. The number of amides is 1. The summed E-state index contributed by atoms with van der Waals surface area (Å²) in [7, 11) is 0. The van der Waals surface area contributed by atoms with Gasteiger partial charge < -0.3 is 5.32 Å². The number of benzene rings is 1. The number of rotatable bonds is 3. The van der Waals surface area contributed by atoms with E-state index in [0.717, 1.165) is 11.6 Å². The van der Waals surface area contributed by atoms with E-state index in [1.165, 1.54) is 10.9 Å². The van der Waals surface area contributed by atoms with Crippen LogP contribution in [0.5, 0.6) is 0 Å². The molecule has 0 aliphatic carbocycles. The number of halogens is 4. The first-order valence-electron chi connectivity index (χ1n) is 9.07. The van der Waals surface area contributed by atoms with Gasteiger partial charge in [0.2, 0.25) is 0 Å². The van der Waals surface area contributed by atoms with Crippen LogP contribution in [0.3, 0.4) is 0 Å². The van der Waals surface area contributed by atoms with Crippen molar-refractivity contribution in [3.8, 4) is 5.82 Å². The third-order valence-corrected chi connectivity index (χ3v) is 4.89. The van der Waals surface area contributed by atoms with Gasteiger partial charge in [0.1, 0.15) is 0 Å². The molecule has 0 aliphatic heterocycles. The van der Waals surface area contributed by atoms with Crippen LogP contribution in [0.15, 0.2) is 42.7 Å². The second kappa shape index (κ2) is 7.75. The Labute approximate surface area is 176 Å². The first kappa shape index (κ1) is 21.8. The van der Waals surface area contributed by atoms with E-state index < -0.39 is 17.6 Å². The standard InChI is InChI=1S/C21H20ClF3N4O/c1-12-16(19(30)28-15-7-5-13(6-8-15)20(2,3)4)11-27-29(12)18-17(22)9-14(10-26-18)21(23,24)25/h5-11H,1-4H3,(H,28,30). The molecule has 0 radical (unpaired) electrons. The normalized spacial score (nSPS) is 12.1. The number of nitrogens with one attached hydrogen (secondary N) is 1. The smallest absolute Gasteiger partial charge is 0.322 e. The molecule has 0 spiro atoms. The number of carbonyl (C=O) groups excluding carboxylic acids is 1. The number of carbonyl (C=O) groups is 1. The Morgan fingerprint density at radius 3 is 2.23 bits per heavy atom. The zero-order valence-electron chi connectivity index (χ0n) is 16.8. The molecule has 2 aromatic heterocycles. The zero-order valence-corrected chi connectivity index (χ0v) is 17.6. The predicted octanol–water partition coefficient (Wildman–Crippen LogP) is 5.80. The van der Waals surface area contributed by atoms with E-state index in [1.54, 1.807) is 6.92 Å². The number of hydrogen-bond acceptors (Lipinski definition) is 3. The molecular weight excluding hydrogens is 417 g/mol. The van der Waals surface area contributed by atoms with Crippen LogP contribution in [0.4, 0.5) is 18.9 Å². The topological polar surface area (TPSA) is 59.8 Å². The summed E-state index contributed by atoms with van der Waals surface area (Å²) < 4.78 is 39.7. The minimum atomic E-state index is -4.55. The molecule has 3 aromatic rings. The lowest BCUT2D eigenvalue weighted by molar-refractivity contribution is -0.137. The first-order chi connectivity index (χ1) is 13.9. The van der Waals surface area contributed by atoms with E-state index in [9.17, 15) is 18.0 Å². The van der Waals surface area contributed by atoms with Crippen molar-refractivity contribution in [1.82, 2.24) is 14.8 Å². The number of anilines is 1. The molecule has 30 heavy (non-hydrogen) atoms. The molecule has 9 heteroatoms. The van der Waals surface area contributed by atoms with Crippen molar-refractivity contribution in [2.45, 2.75) is 39.3 Å². The summed E-state index contributed by atoms with van der Waals surface area (Å²) in [5, 5.41) is 6.65. The molecule has 3 rings (SSSR count). The highest BCUT2D eigenvalue weighted by Gasteiger charge is 2.32. The summed E-state index contributed by atoms with van der Waals surface area (Å²) in [4.78, 5) is 16.4. The summed E-state index contributed by atoms with van der Waals surface area (Å²) in [5.74, 6) is -0.388. The van der Waals surface area contributed by atoms with Crippen molar-refractivity contribution in [2.75, 3.05) is 5.32 Å². The average Bonchev–Trinajstić information content (AvgIpc) is 3.02. The minimum Gasteiger partial charge on any atom is -0.322 e. The van der Waals surface area contributed by atoms with Crippen LogP contribution in [-0.4, -0.2) is 20.7 Å². The van der Waals surface area contributed by atoms with Gasteiger partial charge in [0.05, 0.1) is 28.0 Å². The molecule has 1 N–H and O–H groups in total. The maximum atomic E-state index is 12.8. The molecule has 158 valence electrons. The van der Waals surface area contributed by atoms with Gasteiger partial charge in [-0.3, -0.25) is 4.79 Å². The van der Waals surface area contributed by atoms with Gasteiger partial charge in [-0.2, -0.15) is 18.3 Å². The van der Waals surface area contributed by atoms with Crippen molar-refractivity contribution >= 4 is 23.2 Å². The van der Waals surface area contributed by atoms with Crippen LogP contribution < -0.4 is 5.32 Å². The van der Waals surface area contributed by atoms with Gasteiger partial charge in [-0.25, -0.2) is 9.67 Å². The van der Waals surface area contributed by atoms with Gasteiger partial charge >= 0.3 is 6.18 Å². The van der Waals surface area contributed by atoms with Crippen molar-refractivity contribution in [1.29, 1.82) is 0 Å². The first-order valence-corrected chi connectivity index (χ1v) is 9.45. The molecule has 0 bridgehead atoms. The Bertz CT molecular complexity index is 1080. The fraction of sp³-hybridized carbons (Fsp3) is 0.286. The minimum absolute atomic E-state index is 0.00576. The predicted molar refractivity (Wildman–Crippen MR) is 109 cm³/mol. The Hall–Kier alpha value is -2.87. The van der Waals surface area contributed by atoms with E-state index in [-0.39, 0.29) is 21.8 Å². The molecule has 0 aliphatic rings. The van der Waals surface area contributed by atoms with E-state index in [2.05, 4.69) is 36.2 Å². The molecule has 2 heterocycles. The lowest BCUT2D eigenvalue weighted by atomic mass is 9.87. The van der Waals surface area contributed by atoms with Crippen LogP contribution in [-0.2, 0) is 11.6 Å². The van der Waals surface area contributed by atoms with E-state index in [1.807, 2.05) is 24.3 Å². The fourth-order valence-corrected chi connectivity index (χ4v) is 3.09. The average molecular weight is 437 g/mol. The number of aromatic nitrogens is 3. The molecule has 0 saturated heterocycles. The van der Waals surface area contributed by atoms with Gasteiger partial charge in [0.15, 0.2) is 5.82 Å². The molecule has 0 saturated carbocycles. The van der Waals surface area contributed by atoms with Crippen LogP contribution in [0, 0.1) is 6.92 Å². The molecular formula is C21H20ClF3N4O. The van der Waals surface area contributed by atoms with Gasteiger partial charge in [0, 0.05) is 11.9 Å². The summed E-state index contributed by atoms with van der Waals surface area (Å²) in [6, 6.07) is 8.29. The lowest BCUT2D eigenvalue weighted by Crippen LogP contribution is -2.14. The van der Waals surface area contributed by atoms with Gasteiger partial charge in [-0.1, -0.05) is 44.5 Å². The maximum Gasteiger partial charge on any atom is 0.417 e. The second-order valence-corrected chi connectivity index (χ2v) is 8.27. The van der Waals surface area contributed by atoms with Crippen LogP contribution in [0.2, 0.25) is 5.02 Å². The monoisotopic (exact) mass is 436 g/mol. The Morgan fingerprint density at radius 1 is 1.07 bits per heavy atom. The number of alkyl halides is 3. The van der Waals surface area contributed by atoms with Crippen LogP contribution in [0.1, 0.15) is 48.0 Å². The second-order valence-electron chi connectivity index (χ2n) is 7.86. The van der Waals surface area contributed by atoms with E-state index >= 15 is 0 Å². The van der Waals surface area contributed by atoms with Crippen molar-refractivity contribution in [3.63, 3.8) is 0 Å². The molecule has 1 aromatic carbocycles. The van der Waals surface area contributed by atoms with E-state index in [0.29, 0.717) is 17.6 Å². The number of hydrogen-bond donors (Lipinski definition) is 1. The third kappa shape index (κ3) is 4.48. The Balaban J connectivity index is 1.84. The molecule has 1 amide bonds. The fourth-order valence-electron chi connectivity index (χ4n) is 2.84. The van der Waals surface area contributed by atoms with Crippen LogP contribution in [0.25, 0.3) is 5.82 Å². The van der Waals surface area contributed by atoms with Crippen LogP contribution >= 0.6 is 11.6 Å². The Morgan fingerprint density at radius 2 is 1.70 bits per heavy atom. The Kier molecular flexibility index (Phi) is 5.64. The highest BCUT2D eigenvalue weighted by molar-refractivity contribution is 6.32. The van der Waals surface area contributed by atoms with Crippen molar-refractivity contribution < 1.29 is 18.0 Å². The lowest BCUT2D eigenvalue weighted by Gasteiger charge is -2.19. The third-order valence-electron chi connectivity index (χ3n) is 4.61. The quantitative estimate of drug-likeness (QED) is 0.564. The molecule has 0 unspecified atom stereocenters. The zero-order chi connectivity index (χ0) is 22.3. The number of pyridine rings is 1. The molecule has 0 fully saturated rings. The molecule has 5 nitrogen and oxygen atoms in total. The van der Waals surface area contributed by atoms with Gasteiger partial charge in [-0.05, 0) is 36.1 Å². The summed E-state index contributed by atoms with van der Waals surface area (Å²) in [5.41, 5.74) is 1.44. The molecule has 0 atom stereocenters. The summed E-state index contributed by atoms with van der Waals surface area (Å²) in [6.07, 6.45) is -2.55. The van der Waals surface area contributed by atoms with Crippen molar-refractivity contribution in [2.24, 2.45) is 0 Å². The highest BCUT2D eigenvalue weighted by Crippen LogP contribution is 2.32.